The van der Waals surface area contributed by atoms with Crippen LogP contribution in [0, 0.1) is 0 Å². The van der Waals surface area contributed by atoms with Crippen LogP contribution in [0.3, 0.4) is 0 Å². The monoisotopic (exact) mass is 722 g/mol. The summed E-state index contributed by atoms with van der Waals surface area (Å²) in [5, 5.41) is 5.26. The van der Waals surface area contributed by atoms with Gasteiger partial charge in [0.1, 0.15) is 49.4 Å². The Morgan fingerprint density at radius 1 is 0.615 bits per heavy atom. The number of carbonyl (C=O) groups excluding carboxylic acids is 4. The van der Waals surface area contributed by atoms with Crippen LogP contribution >= 0.6 is 0 Å². The molecule has 3 rings (SSSR count). The number of hydrogen-bond acceptors (Lipinski definition) is 12. The first-order valence-electron chi connectivity index (χ1n) is 16.9. The number of para-hydroxylation sites is 2. The number of rotatable bonds is 24. The lowest BCUT2D eigenvalue weighted by Gasteiger charge is -2.21. The fourth-order valence-corrected chi connectivity index (χ4v) is 4.11. The van der Waals surface area contributed by atoms with Crippen molar-refractivity contribution in [3.8, 4) is 23.0 Å². The molecular formula is C38H46N2O12. The first kappa shape index (κ1) is 40.5. The first-order valence-corrected chi connectivity index (χ1v) is 16.9. The van der Waals surface area contributed by atoms with Gasteiger partial charge >= 0.3 is 24.1 Å². The van der Waals surface area contributed by atoms with Crippen molar-refractivity contribution in [2.45, 2.75) is 38.4 Å². The topological polar surface area (TPSA) is 166 Å². The highest BCUT2D eigenvalue weighted by atomic mass is 16.6. The van der Waals surface area contributed by atoms with Crippen LogP contribution in [0.5, 0.6) is 23.0 Å². The molecule has 0 aliphatic rings. The number of hydrogen-bond donors (Lipinski definition) is 2. The molecule has 0 aliphatic heterocycles. The first-order chi connectivity index (χ1) is 25.3. The fraction of sp³-hybridized carbons (Fsp3) is 0.368. The second-order valence-corrected chi connectivity index (χ2v) is 10.9. The van der Waals surface area contributed by atoms with E-state index in [1.54, 1.807) is 55.5 Å². The molecule has 2 N–H and O–H groups in total. The SMILES string of the molecule is C=CC(=O)OCCCNC(=O)OC(COc1ccccc1)COc1cccc(OCC(COc2ccccc2)OC(=O)NCCCOC(=O)CC)c1. The Hall–Kier alpha value is -5.92. The number of ether oxygens (including phenoxy) is 8. The van der Waals surface area contributed by atoms with Gasteiger partial charge in [-0.15, -0.1) is 0 Å². The number of benzene rings is 3. The summed E-state index contributed by atoms with van der Waals surface area (Å²) < 4.78 is 44.6. The molecule has 0 saturated heterocycles. The summed E-state index contributed by atoms with van der Waals surface area (Å²) in [5.74, 6) is 1.20. The zero-order valence-electron chi connectivity index (χ0n) is 29.2. The Labute approximate surface area is 303 Å². The number of amides is 2. The van der Waals surface area contributed by atoms with Crippen molar-refractivity contribution in [2.75, 3.05) is 52.7 Å². The minimum Gasteiger partial charge on any atom is -0.490 e. The third kappa shape index (κ3) is 17.7. The van der Waals surface area contributed by atoms with Crippen molar-refractivity contribution in [3.05, 3.63) is 97.6 Å². The molecule has 0 radical (unpaired) electrons. The molecule has 0 saturated carbocycles. The van der Waals surface area contributed by atoms with Crippen LogP contribution in [0.1, 0.15) is 26.2 Å². The standard InChI is InChI=1S/C38H46N2O12/c1-3-35(41)45-22-12-20-39-37(43)51-33(25-47-29-14-7-5-8-15-29)27-49-31-18-11-19-32(24-31)50-28-34(26-48-30-16-9-6-10-17-30)52-38(44)40-21-13-23-46-36(42)4-2/h3,5-11,14-19,24,33-34H,1,4,12-13,20-23,25-28H2,2H3,(H,39,43)(H,40,44). The van der Waals surface area contributed by atoms with Crippen LogP contribution in [0.2, 0.25) is 0 Å². The zero-order chi connectivity index (χ0) is 37.2. The summed E-state index contributed by atoms with van der Waals surface area (Å²) in [6, 6.07) is 24.9. The molecule has 52 heavy (non-hydrogen) atoms. The third-order valence-electron chi connectivity index (χ3n) is 6.73. The van der Waals surface area contributed by atoms with Crippen LogP contribution in [0.15, 0.2) is 97.6 Å². The van der Waals surface area contributed by atoms with Crippen molar-refractivity contribution in [1.82, 2.24) is 10.6 Å². The molecule has 2 atom stereocenters. The van der Waals surface area contributed by atoms with Crippen molar-refractivity contribution >= 4 is 24.1 Å². The van der Waals surface area contributed by atoms with E-state index in [-0.39, 0.29) is 65.1 Å². The number of esters is 2. The summed E-state index contributed by atoms with van der Waals surface area (Å²) in [7, 11) is 0. The van der Waals surface area contributed by atoms with Gasteiger partial charge in [0.05, 0.1) is 13.2 Å². The van der Waals surface area contributed by atoms with Gasteiger partial charge in [-0.2, -0.15) is 0 Å². The summed E-state index contributed by atoms with van der Waals surface area (Å²) >= 11 is 0. The van der Waals surface area contributed by atoms with E-state index in [1.807, 2.05) is 36.4 Å². The molecule has 280 valence electrons. The van der Waals surface area contributed by atoms with Crippen LogP contribution in [0.4, 0.5) is 9.59 Å². The minimum atomic E-state index is -0.798. The maximum absolute atomic E-state index is 12.5. The molecule has 14 nitrogen and oxygen atoms in total. The molecular weight excluding hydrogens is 676 g/mol. The highest BCUT2D eigenvalue weighted by molar-refractivity contribution is 5.81. The van der Waals surface area contributed by atoms with Gasteiger partial charge in [0.15, 0.2) is 12.2 Å². The van der Waals surface area contributed by atoms with Gasteiger partial charge in [-0.1, -0.05) is 56.0 Å². The Balaban J connectivity index is 1.54. The molecule has 3 aromatic carbocycles. The maximum atomic E-state index is 12.5. The smallest absolute Gasteiger partial charge is 0.407 e. The lowest BCUT2D eigenvalue weighted by atomic mass is 10.3. The summed E-state index contributed by atoms with van der Waals surface area (Å²) in [6.45, 7) is 5.75. The van der Waals surface area contributed by atoms with Crippen molar-refractivity contribution in [2.24, 2.45) is 0 Å². The maximum Gasteiger partial charge on any atom is 0.407 e. The second-order valence-electron chi connectivity index (χ2n) is 10.9. The number of carbonyl (C=O) groups is 4. The molecule has 3 aromatic rings. The van der Waals surface area contributed by atoms with Gasteiger partial charge in [-0.05, 0) is 49.2 Å². The van der Waals surface area contributed by atoms with E-state index in [0.717, 1.165) is 6.08 Å². The largest absolute Gasteiger partial charge is 0.490 e. The quantitative estimate of drug-likeness (QED) is 0.0534. The van der Waals surface area contributed by atoms with Gasteiger partial charge in [0.25, 0.3) is 0 Å². The van der Waals surface area contributed by atoms with E-state index in [0.29, 0.717) is 35.8 Å². The average molecular weight is 723 g/mol. The summed E-state index contributed by atoms with van der Waals surface area (Å²) in [5.41, 5.74) is 0. The lowest BCUT2D eigenvalue weighted by molar-refractivity contribution is -0.143. The lowest BCUT2D eigenvalue weighted by Crippen LogP contribution is -2.36. The normalized spacial score (nSPS) is 11.5. The highest BCUT2D eigenvalue weighted by Crippen LogP contribution is 2.21. The Kier molecular flexibility index (Phi) is 18.9. The minimum absolute atomic E-state index is 0.0109. The predicted molar refractivity (Wildman–Crippen MR) is 189 cm³/mol. The highest BCUT2D eigenvalue weighted by Gasteiger charge is 2.19. The Morgan fingerprint density at radius 2 is 1.04 bits per heavy atom. The molecule has 0 aliphatic carbocycles. The van der Waals surface area contributed by atoms with Gasteiger partial charge in [0.2, 0.25) is 0 Å². The van der Waals surface area contributed by atoms with Crippen LogP contribution in [-0.4, -0.2) is 89.1 Å². The molecule has 0 bridgehead atoms. The molecule has 0 fully saturated rings. The van der Waals surface area contributed by atoms with E-state index in [9.17, 15) is 19.2 Å². The predicted octanol–water partition coefficient (Wildman–Crippen LogP) is 5.25. The summed E-state index contributed by atoms with van der Waals surface area (Å²) in [4.78, 5) is 47.5. The van der Waals surface area contributed by atoms with E-state index in [2.05, 4.69) is 17.2 Å². The van der Waals surface area contributed by atoms with Gasteiger partial charge in [0, 0.05) is 31.7 Å². The van der Waals surface area contributed by atoms with Gasteiger partial charge in [-0.25, -0.2) is 14.4 Å². The Bertz CT molecular complexity index is 1510. The van der Waals surface area contributed by atoms with Gasteiger partial charge in [-0.3, -0.25) is 4.79 Å². The third-order valence-corrected chi connectivity index (χ3v) is 6.73. The van der Waals surface area contributed by atoms with Crippen LogP contribution in [0.25, 0.3) is 0 Å². The molecule has 0 heterocycles. The van der Waals surface area contributed by atoms with Crippen molar-refractivity contribution in [1.29, 1.82) is 0 Å². The van der Waals surface area contributed by atoms with E-state index >= 15 is 0 Å². The molecule has 14 heteroatoms. The average Bonchev–Trinajstić information content (AvgIpc) is 3.17. The second kappa shape index (κ2) is 24.3. The van der Waals surface area contributed by atoms with E-state index < -0.39 is 30.4 Å². The molecule has 2 unspecified atom stereocenters. The van der Waals surface area contributed by atoms with E-state index in [4.69, 9.17) is 37.9 Å². The number of alkyl carbamates (subject to hydrolysis) is 2. The Morgan fingerprint density at radius 3 is 1.48 bits per heavy atom. The van der Waals surface area contributed by atoms with Crippen LogP contribution < -0.4 is 29.6 Å². The van der Waals surface area contributed by atoms with Crippen LogP contribution in [-0.2, 0) is 28.5 Å². The fourth-order valence-electron chi connectivity index (χ4n) is 4.11. The molecule has 0 aromatic heterocycles. The van der Waals surface area contributed by atoms with Gasteiger partial charge < -0.3 is 48.5 Å². The zero-order valence-corrected chi connectivity index (χ0v) is 29.2. The number of nitrogens with one attached hydrogen (secondary N) is 2. The van der Waals surface area contributed by atoms with E-state index in [1.165, 1.54) is 0 Å². The molecule has 2 amide bonds. The van der Waals surface area contributed by atoms with Crippen molar-refractivity contribution in [3.63, 3.8) is 0 Å². The summed E-state index contributed by atoms with van der Waals surface area (Å²) in [6.07, 6.45) is -0.786. The molecule has 0 spiro atoms. The van der Waals surface area contributed by atoms with Crippen molar-refractivity contribution < 1.29 is 57.1 Å².